The van der Waals surface area contributed by atoms with Crippen molar-refractivity contribution in [3.8, 4) is 17.2 Å². The minimum absolute atomic E-state index is 0.670. The molecule has 0 aliphatic heterocycles. The van der Waals surface area contributed by atoms with Crippen molar-refractivity contribution in [2.45, 2.75) is 0 Å². The molecule has 2 rings (SSSR count). The molecule has 0 aliphatic rings. The van der Waals surface area contributed by atoms with Crippen molar-refractivity contribution >= 4 is 15.9 Å². The highest BCUT2D eigenvalue weighted by Gasteiger charge is 1.98. The smallest absolute Gasteiger partial charge is 0.106 e. The monoisotopic (exact) mass is 258 g/mol. The maximum absolute atomic E-state index is 8.67. The third kappa shape index (κ3) is 2.23. The first kappa shape index (κ1) is 9.88. The molecule has 15 heavy (non-hydrogen) atoms. The number of hydrogen-bond donors (Lipinski definition) is 0. The molecule has 0 spiro atoms. The van der Waals surface area contributed by atoms with E-state index in [2.05, 4.69) is 27.0 Å². The third-order valence-electron chi connectivity index (χ3n) is 2.07. The second-order valence-electron chi connectivity index (χ2n) is 3.06. The molecule has 0 saturated carbocycles. The second kappa shape index (κ2) is 4.24. The SMILES string of the molecule is N#Cc1ccc(-c2ccc(Br)nc2)cc1. The number of aromatic nitrogens is 1. The first-order valence-corrected chi connectivity index (χ1v) is 5.21. The zero-order valence-corrected chi connectivity index (χ0v) is 9.40. The fourth-order valence-electron chi connectivity index (χ4n) is 1.28. The van der Waals surface area contributed by atoms with Gasteiger partial charge in [-0.2, -0.15) is 5.26 Å². The van der Waals surface area contributed by atoms with Crippen LogP contribution in [-0.2, 0) is 0 Å². The van der Waals surface area contributed by atoms with E-state index in [4.69, 9.17) is 5.26 Å². The van der Waals surface area contributed by atoms with Crippen molar-refractivity contribution in [1.82, 2.24) is 4.98 Å². The van der Waals surface area contributed by atoms with E-state index >= 15 is 0 Å². The molecule has 0 bridgehead atoms. The molecular weight excluding hydrogens is 252 g/mol. The van der Waals surface area contributed by atoms with Gasteiger partial charge in [-0.1, -0.05) is 18.2 Å². The highest BCUT2D eigenvalue weighted by molar-refractivity contribution is 9.10. The molecule has 0 N–H and O–H groups in total. The lowest BCUT2D eigenvalue weighted by Gasteiger charge is -2.00. The molecule has 3 heteroatoms. The lowest BCUT2D eigenvalue weighted by molar-refractivity contribution is 1.28. The summed E-state index contributed by atoms with van der Waals surface area (Å²) >= 11 is 3.29. The molecule has 0 radical (unpaired) electrons. The van der Waals surface area contributed by atoms with Crippen LogP contribution in [0, 0.1) is 11.3 Å². The fourth-order valence-corrected chi connectivity index (χ4v) is 1.52. The zero-order valence-electron chi connectivity index (χ0n) is 7.81. The van der Waals surface area contributed by atoms with Crippen LogP contribution >= 0.6 is 15.9 Å². The molecular formula is C12H7BrN2. The predicted molar refractivity (Wildman–Crippen MR) is 62.1 cm³/mol. The lowest BCUT2D eigenvalue weighted by Crippen LogP contribution is -1.81. The number of hydrogen-bond acceptors (Lipinski definition) is 2. The molecule has 2 nitrogen and oxygen atoms in total. The highest BCUT2D eigenvalue weighted by Crippen LogP contribution is 2.19. The van der Waals surface area contributed by atoms with Crippen LogP contribution in [0.2, 0.25) is 0 Å². The lowest BCUT2D eigenvalue weighted by atomic mass is 10.1. The van der Waals surface area contributed by atoms with Crippen LogP contribution in [0.3, 0.4) is 0 Å². The van der Waals surface area contributed by atoms with Crippen LogP contribution in [0.25, 0.3) is 11.1 Å². The van der Waals surface area contributed by atoms with Crippen molar-refractivity contribution < 1.29 is 0 Å². The Labute approximate surface area is 96.3 Å². The van der Waals surface area contributed by atoms with Gasteiger partial charge in [0.1, 0.15) is 4.60 Å². The molecule has 0 unspecified atom stereocenters. The Morgan fingerprint density at radius 1 is 1.00 bits per heavy atom. The molecule has 0 amide bonds. The van der Waals surface area contributed by atoms with E-state index in [9.17, 15) is 0 Å². The standard InChI is InChI=1S/C12H7BrN2/c13-12-6-5-11(8-15-12)10-3-1-9(7-14)2-4-10/h1-6,8H. The summed E-state index contributed by atoms with van der Waals surface area (Å²) in [7, 11) is 0. The number of nitriles is 1. The summed E-state index contributed by atoms with van der Waals surface area (Å²) in [5, 5.41) is 8.67. The Kier molecular flexibility index (Phi) is 2.79. The van der Waals surface area contributed by atoms with E-state index in [1.807, 2.05) is 24.3 Å². The van der Waals surface area contributed by atoms with Gasteiger partial charge in [0.05, 0.1) is 11.6 Å². The Morgan fingerprint density at radius 2 is 1.67 bits per heavy atom. The third-order valence-corrected chi connectivity index (χ3v) is 2.54. The summed E-state index contributed by atoms with van der Waals surface area (Å²) < 4.78 is 0.819. The van der Waals surface area contributed by atoms with Gasteiger partial charge in [-0.15, -0.1) is 0 Å². The normalized spacial score (nSPS) is 9.60. The summed E-state index contributed by atoms with van der Waals surface area (Å²) in [4.78, 5) is 4.15. The average Bonchev–Trinajstić information content (AvgIpc) is 2.30. The molecule has 0 saturated heterocycles. The van der Waals surface area contributed by atoms with Crippen LogP contribution in [0.1, 0.15) is 5.56 Å². The number of nitrogens with zero attached hydrogens (tertiary/aromatic N) is 2. The fraction of sp³-hybridized carbons (Fsp3) is 0. The van der Waals surface area contributed by atoms with Gasteiger partial charge in [0.15, 0.2) is 0 Å². The molecule has 0 aliphatic carbocycles. The van der Waals surface area contributed by atoms with Crippen molar-refractivity contribution in [3.05, 3.63) is 52.8 Å². The average molecular weight is 259 g/mol. The molecule has 1 aromatic heterocycles. The van der Waals surface area contributed by atoms with Gasteiger partial charge in [-0.25, -0.2) is 4.98 Å². The van der Waals surface area contributed by atoms with Gasteiger partial charge in [-0.3, -0.25) is 0 Å². The zero-order chi connectivity index (χ0) is 10.7. The first-order chi connectivity index (χ1) is 7.29. The first-order valence-electron chi connectivity index (χ1n) is 4.42. The number of halogens is 1. The van der Waals surface area contributed by atoms with Gasteiger partial charge < -0.3 is 0 Å². The Bertz CT molecular complexity index is 495. The predicted octanol–water partition coefficient (Wildman–Crippen LogP) is 3.38. The number of benzene rings is 1. The van der Waals surface area contributed by atoms with E-state index in [0.29, 0.717) is 5.56 Å². The van der Waals surface area contributed by atoms with Crippen LogP contribution in [0.15, 0.2) is 47.2 Å². The van der Waals surface area contributed by atoms with Crippen molar-refractivity contribution in [1.29, 1.82) is 5.26 Å². The quantitative estimate of drug-likeness (QED) is 0.736. The molecule has 72 valence electrons. The largest absolute Gasteiger partial charge is 0.249 e. The van der Waals surface area contributed by atoms with Crippen LogP contribution in [0.5, 0.6) is 0 Å². The molecule has 1 aromatic carbocycles. The molecule has 0 fully saturated rings. The van der Waals surface area contributed by atoms with Crippen LogP contribution in [0.4, 0.5) is 0 Å². The van der Waals surface area contributed by atoms with E-state index in [1.54, 1.807) is 18.3 Å². The van der Waals surface area contributed by atoms with E-state index in [1.165, 1.54) is 0 Å². The van der Waals surface area contributed by atoms with E-state index in [-0.39, 0.29) is 0 Å². The van der Waals surface area contributed by atoms with Gasteiger partial charge in [0.25, 0.3) is 0 Å². The summed E-state index contributed by atoms with van der Waals surface area (Å²) in [5.74, 6) is 0. The topological polar surface area (TPSA) is 36.7 Å². The minimum atomic E-state index is 0.670. The Hall–Kier alpha value is -1.66. The summed E-state index contributed by atoms with van der Waals surface area (Å²) in [6.07, 6.45) is 1.80. The van der Waals surface area contributed by atoms with Crippen molar-refractivity contribution in [3.63, 3.8) is 0 Å². The van der Waals surface area contributed by atoms with E-state index in [0.717, 1.165) is 15.7 Å². The molecule has 2 aromatic rings. The summed E-state index contributed by atoms with van der Waals surface area (Å²) in [6, 6.07) is 13.4. The Balaban J connectivity index is 2.38. The summed E-state index contributed by atoms with van der Waals surface area (Å²) in [6.45, 7) is 0. The molecule has 0 atom stereocenters. The van der Waals surface area contributed by atoms with Gasteiger partial charge >= 0.3 is 0 Å². The minimum Gasteiger partial charge on any atom is -0.249 e. The number of rotatable bonds is 1. The van der Waals surface area contributed by atoms with Crippen molar-refractivity contribution in [2.75, 3.05) is 0 Å². The van der Waals surface area contributed by atoms with Crippen LogP contribution in [-0.4, -0.2) is 4.98 Å². The van der Waals surface area contributed by atoms with Gasteiger partial charge in [0, 0.05) is 11.8 Å². The highest BCUT2D eigenvalue weighted by atomic mass is 79.9. The number of pyridine rings is 1. The van der Waals surface area contributed by atoms with Gasteiger partial charge in [-0.05, 0) is 39.7 Å². The van der Waals surface area contributed by atoms with Gasteiger partial charge in [0.2, 0.25) is 0 Å². The summed E-state index contributed by atoms with van der Waals surface area (Å²) in [5.41, 5.74) is 2.78. The van der Waals surface area contributed by atoms with Crippen molar-refractivity contribution in [2.24, 2.45) is 0 Å². The molecule has 1 heterocycles. The maximum Gasteiger partial charge on any atom is 0.106 e. The van der Waals surface area contributed by atoms with Crippen LogP contribution < -0.4 is 0 Å². The Morgan fingerprint density at radius 3 is 2.20 bits per heavy atom. The van der Waals surface area contributed by atoms with E-state index < -0.39 is 0 Å². The second-order valence-corrected chi connectivity index (χ2v) is 3.87. The maximum atomic E-state index is 8.67.